The van der Waals surface area contributed by atoms with Gasteiger partial charge in [0.15, 0.2) is 11.8 Å². The second-order valence-electron chi connectivity index (χ2n) is 7.63. The summed E-state index contributed by atoms with van der Waals surface area (Å²) in [4.78, 5) is 17.3. The maximum Gasteiger partial charge on any atom is 0.261 e. The number of pyridine rings is 1. The van der Waals surface area contributed by atoms with Crippen LogP contribution in [0.1, 0.15) is 23.7 Å². The van der Waals surface area contributed by atoms with E-state index in [1.807, 2.05) is 74.5 Å². The van der Waals surface area contributed by atoms with Crippen molar-refractivity contribution in [1.82, 2.24) is 20.1 Å². The number of amides is 1. The van der Waals surface area contributed by atoms with Crippen LogP contribution in [0.15, 0.2) is 60.7 Å². The van der Waals surface area contributed by atoms with Crippen LogP contribution in [0.3, 0.4) is 0 Å². The molecule has 2 aromatic heterocycles. The van der Waals surface area contributed by atoms with Gasteiger partial charge in [-0.25, -0.2) is 4.68 Å². The zero-order valence-electron chi connectivity index (χ0n) is 18.6. The number of nitrogens with one attached hydrogen (secondary N) is 1. The summed E-state index contributed by atoms with van der Waals surface area (Å²) in [5, 5.41) is 8.55. The number of fused-ring (bicyclic) bond motifs is 1. The molecule has 7 heteroatoms. The molecule has 0 radical (unpaired) electrons. The van der Waals surface area contributed by atoms with E-state index in [1.54, 1.807) is 18.7 Å². The summed E-state index contributed by atoms with van der Waals surface area (Å²) in [5.41, 5.74) is 4.49. The Balaban J connectivity index is 1.51. The minimum absolute atomic E-state index is 0.215. The first-order valence-corrected chi connectivity index (χ1v) is 10.5. The lowest BCUT2D eigenvalue weighted by molar-refractivity contribution is -0.127. The van der Waals surface area contributed by atoms with Crippen molar-refractivity contribution in [3.8, 4) is 17.3 Å². The molecule has 0 aliphatic heterocycles. The molecule has 0 saturated heterocycles. The Morgan fingerprint density at radius 2 is 1.81 bits per heavy atom. The third kappa shape index (κ3) is 4.42. The standard InChI is InChI=1S/C25H26N4O3/c1-16-14-22(27-24-23(16)17(2)28-29(24)20-8-6-5-7-9-20)32-18(3)25(30)26-15-19-10-12-21(31-4)13-11-19/h5-14,18H,15H2,1-4H3,(H,26,30)/t18-/m0/s1. The number of rotatable bonds is 7. The lowest BCUT2D eigenvalue weighted by atomic mass is 10.1. The van der Waals surface area contributed by atoms with E-state index in [1.165, 1.54) is 0 Å². The van der Waals surface area contributed by atoms with E-state index < -0.39 is 6.10 Å². The predicted octanol–water partition coefficient (Wildman–Crippen LogP) is 4.13. The van der Waals surface area contributed by atoms with Crippen molar-refractivity contribution >= 4 is 16.9 Å². The van der Waals surface area contributed by atoms with Gasteiger partial charge in [-0.15, -0.1) is 0 Å². The summed E-state index contributed by atoms with van der Waals surface area (Å²) in [7, 11) is 1.62. The molecule has 2 aromatic carbocycles. The fourth-order valence-electron chi connectivity index (χ4n) is 3.59. The number of carbonyl (C=O) groups excluding carboxylic acids is 1. The average molecular weight is 431 g/mol. The molecule has 1 atom stereocenters. The van der Waals surface area contributed by atoms with Gasteiger partial charge in [-0.1, -0.05) is 30.3 Å². The van der Waals surface area contributed by atoms with Gasteiger partial charge >= 0.3 is 0 Å². The summed E-state index contributed by atoms with van der Waals surface area (Å²) in [6.07, 6.45) is -0.702. The van der Waals surface area contributed by atoms with Crippen molar-refractivity contribution in [3.63, 3.8) is 0 Å². The number of aryl methyl sites for hydroxylation is 2. The summed E-state index contributed by atoms with van der Waals surface area (Å²) in [5.74, 6) is 0.950. The summed E-state index contributed by atoms with van der Waals surface area (Å²) in [6, 6.07) is 19.2. The van der Waals surface area contributed by atoms with Crippen LogP contribution in [0.2, 0.25) is 0 Å². The highest BCUT2D eigenvalue weighted by molar-refractivity contribution is 5.84. The van der Waals surface area contributed by atoms with Crippen molar-refractivity contribution < 1.29 is 14.3 Å². The van der Waals surface area contributed by atoms with E-state index in [9.17, 15) is 4.79 Å². The molecule has 0 spiro atoms. The van der Waals surface area contributed by atoms with Crippen LogP contribution in [0, 0.1) is 13.8 Å². The topological polar surface area (TPSA) is 78.3 Å². The largest absolute Gasteiger partial charge is 0.497 e. The SMILES string of the molecule is COc1ccc(CNC(=O)[C@H](C)Oc2cc(C)c3c(C)nn(-c4ccccc4)c3n2)cc1. The molecule has 1 N–H and O–H groups in total. The monoisotopic (exact) mass is 430 g/mol. The lowest BCUT2D eigenvalue weighted by Gasteiger charge is -2.15. The van der Waals surface area contributed by atoms with Crippen LogP contribution in [0.5, 0.6) is 11.6 Å². The molecule has 2 heterocycles. The Morgan fingerprint density at radius 1 is 1.09 bits per heavy atom. The minimum Gasteiger partial charge on any atom is -0.497 e. The van der Waals surface area contributed by atoms with Gasteiger partial charge in [-0.2, -0.15) is 10.1 Å². The van der Waals surface area contributed by atoms with Gasteiger partial charge in [0.2, 0.25) is 5.88 Å². The summed E-state index contributed by atoms with van der Waals surface area (Å²) < 4.78 is 12.9. The highest BCUT2D eigenvalue weighted by atomic mass is 16.5. The zero-order valence-corrected chi connectivity index (χ0v) is 18.6. The Hall–Kier alpha value is -3.87. The van der Waals surface area contributed by atoms with Crippen molar-refractivity contribution in [2.45, 2.75) is 33.4 Å². The number of benzene rings is 2. The van der Waals surface area contributed by atoms with Crippen LogP contribution >= 0.6 is 0 Å². The molecular weight excluding hydrogens is 404 g/mol. The summed E-state index contributed by atoms with van der Waals surface area (Å²) in [6.45, 7) is 6.08. The van der Waals surface area contributed by atoms with Crippen molar-refractivity contribution in [3.05, 3.63) is 77.5 Å². The highest BCUT2D eigenvalue weighted by Gasteiger charge is 2.19. The average Bonchev–Trinajstić information content (AvgIpc) is 3.15. The zero-order chi connectivity index (χ0) is 22.7. The van der Waals surface area contributed by atoms with Crippen LogP contribution in [-0.2, 0) is 11.3 Å². The molecule has 0 unspecified atom stereocenters. The first kappa shape index (κ1) is 21.4. The van der Waals surface area contributed by atoms with E-state index in [2.05, 4.69) is 15.4 Å². The molecule has 4 aromatic rings. The van der Waals surface area contributed by atoms with E-state index >= 15 is 0 Å². The second kappa shape index (κ2) is 9.09. The van der Waals surface area contributed by atoms with E-state index in [-0.39, 0.29) is 5.91 Å². The Morgan fingerprint density at radius 3 is 2.50 bits per heavy atom. The van der Waals surface area contributed by atoms with Crippen LogP contribution in [-0.4, -0.2) is 33.9 Å². The fourth-order valence-corrected chi connectivity index (χ4v) is 3.59. The maximum absolute atomic E-state index is 12.6. The second-order valence-corrected chi connectivity index (χ2v) is 7.63. The number of nitrogens with zero attached hydrogens (tertiary/aromatic N) is 3. The maximum atomic E-state index is 12.6. The van der Waals surface area contributed by atoms with Gasteiger partial charge in [-0.3, -0.25) is 4.79 Å². The first-order chi connectivity index (χ1) is 15.5. The third-order valence-electron chi connectivity index (χ3n) is 5.28. The van der Waals surface area contributed by atoms with Gasteiger partial charge in [0.25, 0.3) is 5.91 Å². The number of hydrogen-bond donors (Lipinski definition) is 1. The smallest absolute Gasteiger partial charge is 0.261 e. The molecule has 4 rings (SSSR count). The molecule has 0 aliphatic rings. The Labute approximate surface area is 187 Å². The summed E-state index contributed by atoms with van der Waals surface area (Å²) >= 11 is 0. The van der Waals surface area contributed by atoms with Crippen molar-refractivity contribution in [1.29, 1.82) is 0 Å². The van der Waals surface area contributed by atoms with Crippen molar-refractivity contribution in [2.75, 3.05) is 7.11 Å². The molecule has 32 heavy (non-hydrogen) atoms. The lowest BCUT2D eigenvalue weighted by Crippen LogP contribution is -2.36. The Kier molecular flexibility index (Phi) is 6.07. The van der Waals surface area contributed by atoms with Gasteiger partial charge in [-0.05, 0) is 56.2 Å². The normalized spacial score (nSPS) is 11.9. The molecule has 7 nitrogen and oxygen atoms in total. The predicted molar refractivity (Wildman–Crippen MR) is 123 cm³/mol. The molecular formula is C25H26N4O3. The van der Waals surface area contributed by atoms with Crippen LogP contribution in [0.4, 0.5) is 0 Å². The van der Waals surface area contributed by atoms with E-state index in [0.717, 1.165) is 33.6 Å². The quantitative estimate of drug-likeness (QED) is 0.477. The fraction of sp³-hybridized carbons (Fsp3) is 0.240. The number of aromatic nitrogens is 3. The van der Waals surface area contributed by atoms with Crippen LogP contribution < -0.4 is 14.8 Å². The van der Waals surface area contributed by atoms with Crippen molar-refractivity contribution in [2.24, 2.45) is 0 Å². The van der Waals surface area contributed by atoms with E-state index in [0.29, 0.717) is 18.1 Å². The third-order valence-corrected chi connectivity index (χ3v) is 5.28. The van der Waals surface area contributed by atoms with Gasteiger partial charge in [0.05, 0.1) is 18.5 Å². The Bertz CT molecular complexity index is 1230. The number of carbonyl (C=O) groups is 1. The number of ether oxygens (including phenoxy) is 2. The number of para-hydroxylation sites is 1. The molecule has 0 aliphatic carbocycles. The molecule has 0 fully saturated rings. The van der Waals surface area contributed by atoms with Gasteiger partial charge in [0, 0.05) is 18.0 Å². The molecule has 0 bridgehead atoms. The van der Waals surface area contributed by atoms with Crippen LogP contribution in [0.25, 0.3) is 16.7 Å². The molecule has 1 amide bonds. The highest BCUT2D eigenvalue weighted by Crippen LogP contribution is 2.27. The van der Waals surface area contributed by atoms with Gasteiger partial charge in [0.1, 0.15) is 5.75 Å². The van der Waals surface area contributed by atoms with E-state index in [4.69, 9.17) is 9.47 Å². The first-order valence-electron chi connectivity index (χ1n) is 10.5. The molecule has 0 saturated carbocycles. The molecule has 164 valence electrons. The number of hydrogen-bond acceptors (Lipinski definition) is 5. The number of methoxy groups -OCH3 is 1. The minimum atomic E-state index is -0.702. The van der Waals surface area contributed by atoms with Gasteiger partial charge < -0.3 is 14.8 Å².